The fourth-order valence-electron chi connectivity index (χ4n) is 3.35. The van der Waals surface area contributed by atoms with Crippen LogP contribution in [0.25, 0.3) is 0 Å². The fourth-order valence-corrected chi connectivity index (χ4v) is 3.35. The van der Waals surface area contributed by atoms with Gasteiger partial charge in [-0.05, 0) is 70.8 Å². The van der Waals surface area contributed by atoms with Crippen molar-refractivity contribution < 1.29 is 9.53 Å². The van der Waals surface area contributed by atoms with E-state index in [1.807, 2.05) is 25.7 Å². The Labute approximate surface area is 136 Å². The molecule has 2 aliphatic rings. The second kappa shape index (κ2) is 7.20. The Morgan fingerprint density at radius 2 is 1.82 bits per heavy atom. The molecule has 0 radical (unpaired) electrons. The Hall–Kier alpha value is -0.770. The van der Waals surface area contributed by atoms with Crippen LogP contribution in [0.3, 0.4) is 0 Å². The number of piperidine rings is 1. The molecule has 1 saturated heterocycles. The molecule has 0 bridgehead atoms. The van der Waals surface area contributed by atoms with Gasteiger partial charge in [-0.15, -0.1) is 0 Å². The molecule has 0 spiro atoms. The first-order chi connectivity index (χ1) is 10.2. The second-order valence-electron chi connectivity index (χ2n) is 8.49. The summed E-state index contributed by atoms with van der Waals surface area (Å²) < 4.78 is 5.44. The monoisotopic (exact) mass is 310 g/mol. The molecule has 0 unspecified atom stereocenters. The van der Waals surface area contributed by atoms with Gasteiger partial charge in [0.25, 0.3) is 0 Å². The summed E-state index contributed by atoms with van der Waals surface area (Å²) in [7, 11) is 0. The highest BCUT2D eigenvalue weighted by Gasteiger charge is 2.32. The number of ether oxygens (including phenoxy) is 1. The normalized spacial score (nSPS) is 26.9. The average Bonchev–Trinajstić information content (AvgIpc) is 2.35. The topological polar surface area (TPSA) is 41.6 Å². The largest absolute Gasteiger partial charge is 0.444 e. The van der Waals surface area contributed by atoms with E-state index in [1.165, 1.54) is 12.8 Å². The van der Waals surface area contributed by atoms with E-state index in [4.69, 9.17) is 4.74 Å². The second-order valence-corrected chi connectivity index (χ2v) is 8.49. The third kappa shape index (κ3) is 5.15. The molecule has 4 nitrogen and oxygen atoms in total. The lowest BCUT2D eigenvalue weighted by molar-refractivity contribution is 0.0180. The maximum absolute atomic E-state index is 12.0. The quantitative estimate of drug-likeness (QED) is 0.861. The van der Waals surface area contributed by atoms with Crippen molar-refractivity contribution in [3.8, 4) is 0 Å². The van der Waals surface area contributed by atoms with E-state index < -0.39 is 5.60 Å². The van der Waals surface area contributed by atoms with Crippen LogP contribution < -0.4 is 5.32 Å². The van der Waals surface area contributed by atoms with Crippen molar-refractivity contribution in [3.05, 3.63) is 0 Å². The minimum absolute atomic E-state index is 0.155. The highest BCUT2D eigenvalue weighted by atomic mass is 16.6. The minimum atomic E-state index is -0.396. The van der Waals surface area contributed by atoms with E-state index in [1.54, 1.807) is 0 Å². The van der Waals surface area contributed by atoms with Crippen molar-refractivity contribution in [2.75, 3.05) is 19.6 Å². The molecule has 1 heterocycles. The molecule has 1 aliphatic heterocycles. The minimum Gasteiger partial charge on any atom is -0.444 e. The Morgan fingerprint density at radius 1 is 1.23 bits per heavy atom. The number of amides is 1. The summed E-state index contributed by atoms with van der Waals surface area (Å²) in [5.41, 5.74) is -0.396. The summed E-state index contributed by atoms with van der Waals surface area (Å²) in [6, 6.07) is 0.733. The molecule has 1 saturated carbocycles. The van der Waals surface area contributed by atoms with Crippen LogP contribution in [0.1, 0.15) is 60.3 Å². The van der Waals surface area contributed by atoms with Gasteiger partial charge in [0.15, 0.2) is 0 Å². The number of nitrogens with zero attached hydrogens (tertiary/aromatic N) is 1. The van der Waals surface area contributed by atoms with Gasteiger partial charge in [0.1, 0.15) is 5.60 Å². The van der Waals surface area contributed by atoms with Gasteiger partial charge in [0.2, 0.25) is 0 Å². The first kappa shape index (κ1) is 17.6. The van der Waals surface area contributed by atoms with Crippen LogP contribution in [0.5, 0.6) is 0 Å². The third-order valence-electron chi connectivity index (χ3n) is 5.08. The predicted octanol–water partition coefficient (Wildman–Crippen LogP) is 3.66. The molecule has 0 atom stereocenters. The Morgan fingerprint density at radius 3 is 2.32 bits per heavy atom. The average molecular weight is 310 g/mol. The number of carbonyl (C=O) groups is 1. The first-order valence-electron chi connectivity index (χ1n) is 8.96. The number of hydrogen-bond acceptors (Lipinski definition) is 3. The van der Waals surface area contributed by atoms with E-state index in [0.29, 0.717) is 5.92 Å². The Kier molecular flexibility index (Phi) is 5.76. The maximum Gasteiger partial charge on any atom is 0.410 e. The number of rotatable bonds is 4. The lowest BCUT2D eigenvalue weighted by Gasteiger charge is -2.40. The van der Waals surface area contributed by atoms with Crippen LogP contribution in [0.2, 0.25) is 0 Å². The molecule has 2 rings (SSSR count). The number of hydrogen-bond donors (Lipinski definition) is 1. The number of carbonyl (C=O) groups excluding carboxylic acids is 1. The summed E-state index contributed by atoms with van der Waals surface area (Å²) >= 11 is 0. The van der Waals surface area contributed by atoms with Crippen molar-refractivity contribution >= 4 is 6.09 Å². The maximum atomic E-state index is 12.0. The van der Waals surface area contributed by atoms with E-state index in [0.717, 1.165) is 50.4 Å². The number of likely N-dealkylation sites (tertiary alicyclic amines) is 1. The van der Waals surface area contributed by atoms with E-state index in [2.05, 4.69) is 19.2 Å². The lowest BCUT2D eigenvalue weighted by atomic mass is 9.73. The zero-order valence-electron chi connectivity index (χ0n) is 15.0. The fraction of sp³-hybridized carbons (Fsp3) is 0.944. The lowest BCUT2D eigenvalue weighted by Crippen LogP contribution is -2.47. The molecule has 1 aliphatic carbocycles. The SMILES string of the molecule is CC(C)C1CC(NCC2CCN(C(=O)OC(C)(C)C)CC2)C1. The van der Waals surface area contributed by atoms with Gasteiger partial charge in [-0.1, -0.05) is 13.8 Å². The van der Waals surface area contributed by atoms with Crippen molar-refractivity contribution in [2.45, 2.75) is 71.9 Å². The van der Waals surface area contributed by atoms with Gasteiger partial charge >= 0.3 is 6.09 Å². The molecule has 0 aromatic heterocycles. The predicted molar refractivity (Wildman–Crippen MR) is 89.9 cm³/mol. The summed E-state index contributed by atoms with van der Waals surface area (Å²) in [5, 5.41) is 3.72. The summed E-state index contributed by atoms with van der Waals surface area (Å²) in [6.45, 7) is 13.2. The van der Waals surface area contributed by atoms with Crippen LogP contribution in [0, 0.1) is 17.8 Å². The van der Waals surface area contributed by atoms with E-state index in [-0.39, 0.29) is 6.09 Å². The van der Waals surface area contributed by atoms with Gasteiger partial charge in [0.05, 0.1) is 0 Å². The van der Waals surface area contributed by atoms with Gasteiger partial charge in [-0.2, -0.15) is 0 Å². The van der Waals surface area contributed by atoms with Crippen molar-refractivity contribution in [1.82, 2.24) is 10.2 Å². The first-order valence-corrected chi connectivity index (χ1v) is 8.96. The Bertz CT molecular complexity index is 362. The van der Waals surface area contributed by atoms with Gasteiger partial charge in [0, 0.05) is 19.1 Å². The van der Waals surface area contributed by atoms with Crippen LogP contribution in [0.15, 0.2) is 0 Å². The van der Waals surface area contributed by atoms with E-state index >= 15 is 0 Å². The highest BCUT2D eigenvalue weighted by molar-refractivity contribution is 5.68. The zero-order chi connectivity index (χ0) is 16.3. The van der Waals surface area contributed by atoms with Crippen molar-refractivity contribution in [3.63, 3.8) is 0 Å². The van der Waals surface area contributed by atoms with Crippen molar-refractivity contribution in [1.29, 1.82) is 0 Å². The molecule has 1 amide bonds. The highest BCUT2D eigenvalue weighted by Crippen LogP contribution is 2.33. The van der Waals surface area contributed by atoms with Crippen LogP contribution in [-0.2, 0) is 4.74 Å². The molecule has 0 aromatic carbocycles. The van der Waals surface area contributed by atoms with E-state index in [9.17, 15) is 4.79 Å². The third-order valence-corrected chi connectivity index (χ3v) is 5.08. The van der Waals surface area contributed by atoms with Crippen LogP contribution >= 0.6 is 0 Å². The van der Waals surface area contributed by atoms with Gasteiger partial charge in [-0.3, -0.25) is 0 Å². The molecule has 2 fully saturated rings. The van der Waals surface area contributed by atoms with Gasteiger partial charge in [-0.25, -0.2) is 4.79 Å². The summed E-state index contributed by atoms with van der Waals surface area (Å²) in [6.07, 6.45) is 4.71. The smallest absolute Gasteiger partial charge is 0.410 e. The number of nitrogens with one attached hydrogen (secondary N) is 1. The summed E-state index contributed by atoms with van der Waals surface area (Å²) in [4.78, 5) is 13.9. The summed E-state index contributed by atoms with van der Waals surface area (Å²) in [5.74, 6) is 2.46. The molecular formula is C18H34N2O2. The standard InChI is InChI=1S/C18H34N2O2/c1-13(2)15-10-16(11-15)19-12-14-6-8-20(9-7-14)17(21)22-18(3,4)5/h13-16,19H,6-12H2,1-5H3. The van der Waals surface area contributed by atoms with Crippen LogP contribution in [-0.4, -0.2) is 42.3 Å². The molecule has 4 heteroatoms. The van der Waals surface area contributed by atoms with Crippen LogP contribution in [0.4, 0.5) is 4.79 Å². The molecule has 0 aromatic rings. The molecular weight excluding hydrogens is 276 g/mol. The molecule has 22 heavy (non-hydrogen) atoms. The molecule has 1 N–H and O–H groups in total. The zero-order valence-corrected chi connectivity index (χ0v) is 15.0. The Balaban J connectivity index is 1.61. The van der Waals surface area contributed by atoms with Gasteiger partial charge < -0.3 is 15.0 Å². The van der Waals surface area contributed by atoms with Crippen molar-refractivity contribution in [2.24, 2.45) is 17.8 Å². The molecule has 128 valence electrons.